The van der Waals surface area contributed by atoms with E-state index < -0.39 is 6.04 Å². The Labute approximate surface area is 172 Å². The highest BCUT2D eigenvalue weighted by atomic mass is 16.5. The van der Waals surface area contributed by atoms with E-state index in [4.69, 9.17) is 4.74 Å². The van der Waals surface area contributed by atoms with Crippen LogP contribution in [0.4, 0.5) is 0 Å². The van der Waals surface area contributed by atoms with Crippen LogP contribution in [0.3, 0.4) is 0 Å². The number of carbonyl (C=O) groups excluding carboxylic acids is 2. The lowest BCUT2D eigenvalue weighted by molar-refractivity contribution is -0.136. The summed E-state index contributed by atoms with van der Waals surface area (Å²) >= 11 is 0. The van der Waals surface area contributed by atoms with E-state index >= 15 is 0 Å². The summed E-state index contributed by atoms with van der Waals surface area (Å²) in [6.07, 6.45) is 5.08. The van der Waals surface area contributed by atoms with Crippen LogP contribution in [0.5, 0.6) is 5.75 Å². The van der Waals surface area contributed by atoms with Crippen molar-refractivity contribution in [1.82, 2.24) is 10.2 Å². The van der Waals surface area contributed by atoms with Crippen LogP contribution < -0.4 is 10.1 Å². The first-order valence-corrected chi connectivity index (χ1v) is 10.0. The fourth-order valence-corrected chi connectivity index (χ4v) is 3.64. The van der Waals surface area contributed by atoms with Gasteiger partial charge in [-0.3, -0.25) is 9.59 Å². The van der Waals surface area contributed by atoms with Gasteiger partial charge in [0, 0.05) is 19.2 Å². The Hall–Kier alpha value is -3.08. The number of methoxy groups -OCH3 is 1. The van der Waals surface area contributed by atoms with E-state index in [0.29, 0.717) is 5.92 Å². The summed E-state index contributed by atoms with van der Waals surface area (Å²) in [6, 6.07) is 17.3. The average molecular weight is 392 g/mol. The molecule has 1 fully saturated rings. The number of benzene rings is 2. The van der Waals surface area contributed by atoms with E-state index in [9.17, 15) is 9.59 Å². The van der Waals surface area contributed by atoms with Gasteiger partial charge in [-0.2, -0.15) is 0 Å². The molecule has 1 N–H and O–H groups in total. The van der Waals surface area contributed by atoms with Crippen molar-refractivity contribution in [3.8, 4) is 5.75 Å². The monoisotopic (exact) mass is 392 g/mol. The normalized spacial score (nSPS) is 15.9. The molecule has 5 nitrogen and oxygen atoms in total. The van der Waals surface area contributed by atoms with Gasteiger partial charge < -0.3 is 15.0 Å². The van der Waals surface area contributed by atoms with Crippen LogP contribution in [0.2, 0.25) is 0 Å². The van der Waals surface area contributed by atoms with Gasteiger partial charge in [0.05, 0.1) is 7.11 Å². The lowest BCUT2D eigenvalue weighted by Crippen LogP contribution is -2.48. The Balaban J connectivity index is 1.47. The summed E-state index contributed by atoms with van der Waals surface area (Å²) in [5.41, 5.74) is 2.23. The van der Waals surface area contributed by atoms with Crippen LogP contribution in [0.1, 0.15) is 36.8 Å². The van der Waals surface area contributed by atoms with Crippen molar-refractivity contribution in [3.63, 3.8) is 0 Å². The third kappa shape index (κ3) is 5.70. The molecular formula is C24H28N2O3. The highest BCUT2D eigenvalue weighted by Gasteiger charge is 2.27. The molecule has 1 heterocycles. The molecule has 2 amide bonds. The summed E-state index contributed by atoms with van der Waals surface area (Å²) in [4.78, 5) is 26.7. The maximum atomic E-state index is 12.7. The molecule has 0 saturated carbocycles. The van der Waals surface area contributed by atoms with Crippen molar-refractivity contribution in [2.24, 2.45) is 0 Å². The Morgan fingerprint density at radius 3 is 2.34 bits per heavy atom. The molecule has 1 unspecified atom stereocenters. The molecule has 0 spiro atoms. The van der Waals surface area contributed by atoms with Crippen molar-refractivity contribution >= 4 is 17.9 Å². The molecule has 152 valence electrons. The number of carbonyl (C=O) groups is 2. The number of rotatable bonds is 6. The van der Waals surface area contributed by atoms with E-state index in [1.54, 1.807) is 20.1 Å². The van der Waals surface area contributed by atoms with Gasteiger partial charge in [-0.25, -0.2) is 0 Å². The van der Waals surface area contributed by atoms with Gasteiger partial charge in [0.25, 0.3) is 0 Å². The minimum Gasteiger partial charge on any atom is -0.497 e. The molecule has 1 aliphatic heterocycles. The molecule has 0 radical (unpaired) electrons. The Kier molecular flexibility index (Phi) is 7.06. The molecular weight excluding hydrogens is 364 g/mol. The van der Waals surface area contributed by atoms with Gasteiger partial charge in [-0.05, 0) is 55.0 Å². The Morgan fingerprint density at radius 2 is 1.72 bits per heavy atom. The summed E-state index contributed by atoms with van der Waals surface area (Å²) < 4.78 is 5.12. The number of hydrogen-bond donors (Lipinski definition) is 1. The molecule has 5 heteroatoms. The van der Waals surface area contributed by atoms with Crippen LogP contribution in [0.25, 0.3) is 6.08 Å². The van der Waals surface area contributed by atoms with E-state index in [-0.39, 0.29) is 11.8 Å². The SMILES string of the molecule is COc1ccc(/C=C/C(=O)NC(C)C(=O)N2CCC(c3ccccc3)CC2)cc1. The number of likely N-dealkylation sites (tertiary alicyclic amines) is 1. The lowest BCUT2D eigenvalue weighted by atomic mass is 9.89. The first-order valence-electron chi connectivity index (χ1n) is 10.0. The van der Waals surface area contributed by atoms with Gasteiger partial charge in [-0.15, -0.1) is 0 Å². The number of ether oxygens (including phenoxy) is 1. The number of hydrogen-bond acceptors (Lipinski definition) is 3. The molecule has 29 heavy (non-hydrogen) atoms. The first-order chi connectivity index (χ1) is 14.1. The standard InChI is InChI=1S/C24H28N2O3/c1-18(25-23(27)13-10-19-8-11-22(29-2)12-9-19)24(28)26-16-14-21(15-17-26)20-6-4-3-5-7-20/h3-13,18,21H,14-17H2,1-2H3,(H,25,27)/b13-10+. The second-order valence-electron chi connectivity index (χ2n) is 7.35. The topological polar surface area (TPSA) is 58.6 Å². The number of piperidine rings is 1. The van der Waals surface area contributed by atoms with Crippen LogP contribution in [-0.2, 0) is 9.59 Å². The van der Waals surface area contributed by atoms with Crippen LogP contribution in [0, 0.1) is 0 Å². The molecule has 0 aliphatic carbocycles. The zero-order valence-electron chi connectivity index (χ0n) is 17.0. The van der Waals surface area contributed by atoms with Gasteiger partial charge in [-0.1, -0.05) is 42.5 Å². The largest absolute Gasteiger partial charge is 0.497 e. The van der Waals surface area contributed by atoms with Gasteiger partial charge in [0.15, 0.2) is 0 Å². The fraction of sp³-hybridized carbons (Fsp3) is 0.333. The number of amides is 2. The first kappa shape index (κ1) is 20.6. The smallest absolute Gasteiger partial charge is 0.244 e. The molecule has 3 rings (SSSR count). The predicted molar refractivity (Wildman–Crippen MR) is 115 cm³/mol. The highest BCUT2D eigenvalue weighted by Crippen LogP contribution is 2.27. The zero-order chi connectivity index (χ0) is 20.6. The van der Waals surface area contributed by atoms with Crippen molar-refractivity contribution < 1.29 is 14.3 Å². The quantitative estimate of drug-likeness (QED) is 0.764. The molecule has 1 saturated heterocycles. The van der Waals surface area contributed by atoms with E-state index in [1.165, 1.54) is 11.6 Å². The van der Waals surface area contributed by atoms with Crippen LogP contribution in [-0.4, -0.2) is 43.0 Å². The minimum absolute atomic E-state index is 0.0253. The molecule has 2 aromatic rings. The second kappa shape index (κ2) is 9.92. The van der Waals surface area contributed by atoms with Crippen LogP contribution >= 0.6 is 0 Å². The third-order valence-corrected chi connectivity index (χ3v) is 5.35. The van der Waals surface area contributed by atoms with Crippen molar-refractivity contribution in [2.75, 3.05) is 20.2 Å². The predicted octanol–water partition coefficient (Wildman–Crippen LogP) is 3.62. The van der Waals surface area contributed by atoms with Gasteiger partial charge in [0.1, 0.15) is 11.8 Å². The summed E-state index contributed by atoms with van der Waals surface area (Å²) in [6.45, 7) is 3.19. The summed E-state index contributed by atoms with van der Waals surface area (Å²) in [5.74, 6) is 0.961. The summed E-state index contributed by atoms with van der Waals surface area (Å²) in [7, 11) is 1.61. The Morgan fingerprint density at radius 1 is 1.07 bits per heavy atom. The molecule has 2 aromatic carbocycles. The van der Waals surface area contributed by atoms with Crippen LogP contribution in [0.15, 0.2) is 60.7 Å². The maximum Gasteiger partial charge on any atom is 0.244 e. The molecule has 1 atom stereocenters. The minimum atomic E-state index is -0.545. The van der Waals surface area contributed by atoms with E-state index in [0.717, 1.165) is 37.2 Å². The Bertz CT molecular complexity index is 838. The second-order valence-corrected chi connectivity index (χ2v) is 7.35. The zero-order valence-corrected chi connectivity index (χ0v) is 17.0. The van der Waals surface area contributed by atoms with Gasteiger partial charge in [0.2, 0.25) is 11.8 Å². The molecule has 0 aromatic heterocycles. The molecule has 0 bridgehead atoms. The fourth-order valence-electron chi connectivity index (χ4n) is 3.64. The van der Waals surface area contributed by atoms with E-state index in [2.05, 4.69) is 29.6 Å². The average Bonchev–Trinajstić information content (AvgIpc) is 2.78. The van der Waals surface area contributed by atoms with Crippen molar-refractivity contribution in [3.05, 3.63) is 71.8 Å². The van der Waals surface area contributed by atoms with E-state index in [1.807, 2.05) is 35.2 Å². The third-order valence-electron chi connectivity index (χ3n) is 5.35. The summed E-state index contributed by atoms with van der Waals surface area (Å²) in [5, 5.41) is 2.77. The number of nitrogens with zero attached hydrogens (tertiary/aromatic N) is 1. The van der Waals surface area contributed by atoms with Crippen molar-refractivity contribution in [2.45, 2.75) is 31.7 Å². The van der Waals surface area contributed by atoms with Gasteiger partial charge >= 0.3 is 0 Å². The van der Waals surface area contributed by atoms with Crippen molar-refractivity contribution in [1.29, 1.82) is 0 Å². The maximum absolute atomic E-state index is 12.7. The number of nitrogens with one attached hydrogen (secondary N) is 1. The molecule has 1 aliphatic rings. The highest BCUT2D eigenvalue weighted by molar-refractivity contribution is 5.95. The lowest BCUT2D eigenvalue weighted by Gasteiger charge is -2.33.